The molecule has 15 heavy (non-hydrogen) atoms. The number of hydrogen-bond donors (Lipinski definition) is 1. The van der Waals surface area contributed by atoms with Crippen molar-refractivity contribution in [2.75, 3.05) is 31.1 Å². The molecule has 0 saturated carbocycles. The molecule has 1 unspecified atom stereocenters. The number of quaternary nitrogens is 1. The van der Waals surface area contributed by atoms with E-state index >= 15 is 0 Å². The van der Waals surface area contributed by atoms with Crippen molar-refractivity contribution in [3.63, 3.8) is 0 Å². The minimum atomic E-state index is 0.186. The topological polar surface area (TPSA) is 29.1 Å². The van der Waals surface area contributed by atoms with Crippen LogP contribution in [0.15, 0.2) is 6.08 Å². The standard InChI is InChI=1S/C9H16Cl3N2O/c1-9(13-3-2-4-15)5-14(6-10,7-11)8-12/h2,9,13H,3,5-8H2,1H3/q+1. The smallest absolute Gasteiger partial charge is 0.156 e. The average molecular weight is 275 g/mol. The lowest BCUT2D eigenvalue weighted by atomic mass is 10.3. The molecule has 1 atom stereocenters. The molecule has 1 N–H and O–H groups in total. The molecule has 6 heteroatoms. The van der Waals surface area contributed by atoms with Gasteiger partial charge in [0.05, 0.1) is 12.6 Å². The zero-order chi connectivity index (χ0) is 11.7. The first-order valence-corrected chi connectivity index (χ1v) is 6.20. The van der Waals surface area contributed by atoms with Crippen LogP contribution in [0.3, 0.4) is 0 Å². The zero-order valence-corrected chi connectivity index (χ0v) is 10.9. The van der Waals surface area contributed by atoms with Gasteiger partial charge in [-0.3, -0.25) is 4.48 Å². The quantitative estimate of drug-likeness (QED) is 0.316. The monoisotopic (exact) mass is 273 g/mol. The van der Waals surface area contributed by atoms with E-state index in [0.29, 0.717) is 29.0 Å². The lowest BCUT2D eigenvalue weighted by Crippen LogP contribution is -2.52. The normalized spacial score (nSPS) is 13.3. The Labute approximate surface area is 106 Å². The molecule has 88 valence electrons. The van der Waals surface area contributed by atoms with Gasteiger partial charge in [0.2, 0.25) is 0 Å². The van der Waals surface area contributed by atoms with Gasteiger partial charge in [0, 0.05) is 12.6 Å². The van der Waals surface area contributed by atoms with E-state index in [-0.39, 0.29) is 6.04 Å². The second-order valence-corrected chi connectivity index (χ2v) is 4.23. The predicted molar refractivity (Wildman–Crippen MR) is 65.0 cm³/mol. The van der Waals surface area contributed by atoms with Crippen molar-refractivity contribution in [3.05, 3.63) is 6.08 Å². The molecule has 0 rings (SSSR count). The van der Waals surface area contributed by atoms with Crippen LogP contribution in [0.4, 0.5) is 0 Å². The molecule has 0 aromatic carbocycles. The van der Waals surface area contributed by atoms with E-state index in [0.717, 1.165) is 6.54 Å². The lowest BCUT2D eigenvalue weighted by molar-refractivity contribution is -0.897. The number of nitrogens with one attached hydrogen (secondary N) is 1. The fourth-order valence-corrected chi connectivity index (χ4v) is 2.25. The van der Waals surface area contributed by atoms with Crippen LogP contribution in [0, 0.1) is 0 Å². The second kappa shape index (κ2) is 8.40. The molecule has 0 fully saturated rings. The lowest BCUT2D eigenvalue weighted by Gasteiger charge is -2.34. The Morgan fingerprint density at radius 2 is 1.87 bits per heavy atom. The summed E-state index contributed by atoms with van der Waals surface area (Å²) in [5, 5.41) is 3.13. The van der Waals surface area contributed by atoms with Crippen LogP contribution >= 0.6 is 34.8 Å². The van der Waals surface area contributed by atoms with E-state index in [4.69, 9.17) is 34.8 Å². The number of rotatable bonds is 8. The summed E-state index contributed by atoms with van der Waals surface area (Å²) in [5.74, 6) is 1.71. The number of nitrogens with zero attached hydrogens (tertiary/aromatic N) is 1. The molecule has 0 aliphatic rings. The molecule has 0 aromatic heterocycles. The van der Waals surface area contributed by atoms with E-state index in [1.54, 1.807) is 5.94 Å². The highest BCUT2D eigenvalue weighted by molar-refractivity contribution is 6.20. The Bertz CT molecular complexity index is 207. The molecule has 0 bridgehead atoms. The number of alkyl halides is 3. The van der Waals surface area contributed by atoms with Crippen molar-refractivity contribution in [1.29, 1.82) is 0 Å². The highest BCUT2D eigenvalue weighted by atomic mass is 35.5. The number of carbonyl (C=O) groups excluding carboxylic acids is 1. The van der Waals surface area contributed by atoms with Crippen LogP contribution in [0.5, 0.6) is 0 Å². The highest BCUT2D eigenvalue weighted by Gasteiger charge is 2.26. The van der Waals surface area contributed by atoms with Crippen LogP contribution in [-0.4, -0.2) is 47.6 Å². The summed E-state index contributed by atoms with van der Waals surface area (Å²) < 4.78 is 0.434. The van der Waals surface area contributed by atoms with Gasteiger partial charge in [0.1, 0.15) is 5.94 Å². The highest BCUT2D eigenvalue weighted by Crippen LogP contribution is 2.13. The Morgan fingerprint density at radius 3 is 2.27 bits per heavy atom. The second-order valence-electron chi connectivity index (χ2n) is 3.51. The third-order valence-electron chi connectivity index (χ3n) is 2.07. The molecule has 0 aliphatic heterocycles. The summed E-state index contributed by atoms with van der Waals surface area (Å²) in [7, 11) is 0. The van der Waals surface area contributed by atoms with Crippen LogP contribution in [0.1, 0.15) is 6.92 Å². The summed E-state index contributed by atoms with van der Waals surface area (Å²) in [5.41, 5.74) is 0. The van der Waals surface area contributed by atoms with E-state index in [1.807, 2.05) is 6.92 Å². The summed E-state index contributed by atoms with van der Waals surface area (Å²) in [6.07, 6.45) is 1.40. The molecular formula is C9H16Cl3N2O+. The Hall–Kier alpha value is 0.240. The van der Waals surface area contributed by atoms with Crippen LogP contribution < -0.4 is 5.32 Å². The SMILES string of the molecule is CC(C[N+](CCl)(CCl)CCl)NCC=C=O. The van der Waals surface area contributed by atoms with Crippen LogP contribution in [-0.2, 0) is 4.79 Å². The average Bonchev–Trinajstić information content (AvgIpc) is 2.26. The third kappa shape index (κ3) is 5.76. The van der Waals surface area contributed by atoms with Crippen molar-refractivity contribution < 1.29 is 9.28 Å². The van der Waals surface area contributed by atoms with Gasteiger partial charge in [0.25, 0.3) is 0 Å². The first kappa shape index (κ1) is 15.2. The summed E-state index contributed by atoms with van der Waals surface area (Å²) >= 11 is 17.5. The summed E-state index contributed by atoms with van der Waals surface area (Å²) in [4.78, 5) is 9.95. The van der Waals surface area contributed by atoms with Gasteiger partial charge in [0.15, 0.2) is 18.0 Å². The van der Waals surface area contributed by atoms with Crippen molar-refractivity contribution in [1.82, 2.24) is 5.32 Å². The van der Waals surface area contributed by atoms with Gasteiger partial charge in [-0.2, -0.15) is 0 Å². The minimum Gasteiger partial charge on any atom is -0.305 e. The number of hydrogen-bond acceptors (Lipinski definition) is 2. The van der Waals surface area contributed by atoms with Crippen LogP contribution in [0.25, 0.3) is 0 Å². The van der Waals surface area contributed by atoms with Gasteiger partial charge in [-0.25, -0.2) is 4.79 Å². The summed E-state index contributed by atoms with van der Waals surface area (Å²) in [6.45, 7) is 3.22. The molecule has 0 aromatic rings. The Kier molecular flexibility index (Phi) is 8.53. The maximum absolute atomic E-state index is 9.95. The van der Waals surface area contributed by atoms with E-state index in [2.05, 4.69) is 5.32 Å². The van der Waals surface area contributed by atoms with Gasteiger partial charge in [-0.15, -0.1) is 0 Å². The molecule has 0 radical (unpaired) electrons. The van der Waals surface area contributed by atoms with Crippen molar-refractivity contribution in [2.24, 2.45) is 0 Å². The van der Waals surface area contributed by atoms with Gasteiger partial charge in [-0.05, 0) is 6.92 Å². The summed E-state index contributed by atoms with van der Waals surface area (Å²) in [6, 6.07) is 1.32. The largest absolute Gasteiger partial charge is 0.305 e. The van der Waals surface area contributed by atoms with Crippen LogP contribution in [0.2, 0.25) is 0 Å². The molecule has 0 amide bonds. The van der Waals surface area contributed by atoms with E-state index in [9.17, 15) is 4.79 Å². The molecular weight excluding hydrogens is 258 g/mol. The number of halogens is 3. The van der Waals surface area contributed by atoms with Crippen molar-refractivity contribution in [2.45, 2.75) is 13.0 Å². The van der Waals surface area contributed by atoms with E-state index in [1.165, 1.54) is 6.08 Å². The fraction of sp³-hybridized carbons (Fsp3) is 0.778. The van der Waals surface area contributed by atoms with Crippen molar-refractivity contribution in [3.8, 4) is 0 Å². The van der Waals surface area contributed by atoms with E-state index < -0.39 is 0 Å². The third-order valence-corrected chi connectivity index (χ3v) is 3.59. The fourth-order valence-electron chi connectivity index (χ4n) is 1.19. The minimum absolute atomic E-state index is 0.186. The van der Waals surface area contributed by atoms with Gasteiger partial charge >= 0.3 is 0 Å². The zero-order valence-electron chi connectivity index (χ0n) is 8.68. The Morgan fingerprint density at radius 1 is 1.33 bits per heavy atom. The molecule has 0 saturated heterocycles. The van der Waals surface area contributed by atoms with Gasteiger partial charge < -0.3 is 5.32 Å². The molecule has 0 heterocycles. The maximum atomic E-state index is 9.95. The first-order valence-electron chi connectivity index (χ1n) is 4.60. The molecule has 0 aliphatic carbocycles. The van der Waals surface area contributed by atoms with Gasteiger partial charge in [-0.1, -0.05) is 34.8 Å². The Balaban J connectivity index is 4.10. The molecule has 0 spiro atoms. The first-order chi connectivity index (χ1) is 7.14. The predicted octanol–water partition coefficient (Wildman–Crippen LogP) is 1.76. The van der Waals surface area contributed by atoms with Crippen molar-refractivity contribution >= 4 is 40.7 Å². The molecule has 3 nitrogen and oxygen atoms in total. The maximum Gasteiger partial charge on any atom is 0.156 e.